The first-order valence-corrected chi connectivity index (χ1v) is 6.38. The quantitative estimate of drug-likeness (QED) is 0.896. The maximum Gasteiger partial charge on any atom is 0.129 e. The average molecular weight is 269 g/mol. The third kappa shape index (κ3) is 2.58. The van der Waals surface area contributed by atoms with E-state index in [4.69, 9.17) is 5.73 Å². The van der Waals surface area contributed by atoms with Crippen LogP contribution in [-0.2, 0) is 0 Å². The highest BCUT2D eigenvalue weighted by atomic mass is 32.1. The normalized spacial score (nSPS) is 14.4. The molecule has 0 aliphatic heterocycles. The highest BCUT2D eigenvalue weighted by Gasteiger charge is 2.25. The molecule has 0 spiro atoms. The van der Waals surface area contributed by atoms with Crippen LogP contribution >= 0.6 is 11.3 Å². The van der Waals surface area contributed by atoms with Crippen molar-refractivity contribution in [2.75, 3.05) is 6.54 Å². The first-order valence-electron chi connectivity index (χ1n) is 5.50. The molecule has 2 rings (SSSR count). The molecule has 0 saturated carbocycles. The van der Waals surface area contributed by atoms with Gasteiger partial charge in [0.25, 0.3) is 0 Å². The Morgan fingerprint density at radius 3 is 2.61 bits per heavy atom. The maximum atomic E-state index is 13.7. The molecule has 1 aromatic heterocycles. The molecule has 0 aliphatic carbocycles. The molecule has 18 heavy (non-hydrogen) atoms. The number of aliphatic hydroxyl groups is 1. The first kappa shape index (κ1) is 13.1. The lowest BCUT2D eigenvalue weighted by atomic mass is 9.92. The third-order valence-corrected chi connectivity index (χ3v) is 3.77. The number of halogens is 2. The van der Waals surface area contributed by atoms with Crippen LogP contribution in [-0.4, -0.2) is 11.7 Å². The van der Waals surface area contributed by atoms with E-state index in [9.17, 15) is 13.9 Å². The van der Waals surface area contributed by atoms with Crippen molar-refractivity contribution in [2.24, 2.45) is 5.73 Å². The van der Waals surface area contributed by atoms with Crippen LogP contribution in [0.1, 0.15) is 22.5 Å². The predicted octanol–water partition coefficient (Wildman–Crippen LogP) is 2.80. The number of hydrogen-bond acceptors (Lipinski definition) is 3. The van der Waals surface area contributed by atoms with Crippen LogP contribution in [0.4, 0.5) is 8.78 Å². The van der Waals surface area contributed by atoms with E-state index in [1.54, 1.807) is 12.1 Å². The molecule has 0 bridgehead atoms. The van der Waals surface area contributed by atoms with E-state index >= 15 is 0 Å². The standard InChI is InChI=1S/C13H13F2NOS/c14-8-3-4-9(11(15)6-8)10(7-16)13(17)12-2-1-5-18-12/h1-6,10,13,17H,7,16H2. The van der Waals surface area contributed by atoms with Crippen molar-refractivity contribution in [3.8, 4) is 0 Å². The topological polar surface area (TPSA) is 46.2 Å². The summed E-state index contributed by atoms with van der Waals surface area (Å²) in [6.07, 6.45) is -0.880. The van der Waals surface area contributed by atoms with E-state index in [1.807, 2.05) is 5.38 Å². The molecule has 5 heteroatoms. The molecule has 0 radical (unpaired) electrons. The minimum atomic E-state index is -0.880. The van der Waals surface area contributed by atoms with Gasteiger partial charge in [0.2, 0.25) is 0 Å². The van der Waals surface area contributed by atoms with E-state index in [0.717, 1.165) is 6.07 Å². The van der Waals surface area contributed by atoms with Crippen molar-refractivity contribution < 1.29 is 13.9 Å². The second-order valence-corrected chi connectivity index (χ2v) is 4.95. The molecule has 0 fully saturated rings. The number of hydrogen-bond donors (Lipinski definition) is 2. The lowest BCUT2D eigenvalue weighted by Gasteiger charge is -2.21. The summed E-state index contributed by atoms with van der Waals surface area (Å²) in [5.74, 6) is -1.90. The summed E-state index contributed by atoms with van der Waals surface area (Å²) in [7, 11) is 0. The Bertz CT molecular complexity index is 516. The van der Waals surface area contributed by atoms with Crippen LogP contribution in [0.2, 0.25) is 0 Å². The molecule has 2 nitrogen and oxygen atoms in total. The minimum absolute atomic E-state index is 0.0849. The van der Waals surface area contributed by atoms with E-state index < -0.39 is 23.7 Å². The van der Waals surface area contributed by atoms with Crippen LogP contribution in [0.5, 0.6) is 0 Å². The van der Waals surface area contributed by atoms with Gasteiger partial charge in [-0.15, -0.1) is 11.3 Å². The van der Waals surface area contributed by atoms with E-state index in [1.165, 1.54) is 23.5 Å². The molecule has 0 saturated heterocycles. The summed E-state index contributed by atoms with van der Waals surface area (Å²) < 4.78 is 26.5. The van der Waals surface area contributed by atoms with Crippen molar-refractivity contribution in [1.29, 1.82) is 0 Å². The molecule has 0 amide bonds. The summed E-state index contributed by atoms with van der Waals surface area (Å²) in [6.45, 7) is 0.0849. The van der Waals surface area contributed by atoms with Gasteiger partial charge in [-0.2, -0.15) is 0 Å². The molecule has 2 atom stereocenters. The number of nitrogens with two attached hydrogens (primary N) is 1. The van der Waals surface area contributed by atoms with Crippen molar-refractivity contribution >= 4 is 11.3 Å². The van der Waals surface area contributed by atoms with Gasteiger partial charge in [0.15, 0.2) is 0 Å². The smallest absolute Gasteiger partial charge is 0.129 e. The van der Waals surface area contributed by atoms with Crippen LogP contribution in [0.3, 0.4) is 0 Å². The number of aliphatic hydroxyl groups excluding tert-OH is 1. The average Bonchev–Trinajstić information content (AvgIpc) is 2.86. The molecule has 2 unspecified atom stereocenters. The lowest BCUT2D eigenvalue weighted by Crippen LogP contribution is -2.20. The zero-order valence-corrected chi connectivity index (χ0v) is 10.3. The summed E-state index contributed by atoms with van der Waals surface area (Å²) in [5.41, 5.74) is 5.84. The van der Waals surface area contributed by atoms with Crippen molar-refractivity contribution in [3.63, 3.8) is 0 Å². The van der Waals surface area contributed by atoms with Crippen LogP contribution < -0.4 is 5.73 Å². The Morgan fingerprint density at radius 2 is 2.06 bits per heavy atom. The van der Waals surface area contributed by atoms with Gasteiger partial charge in [-0.25, -0.2) is 8.78 Å². The SMILES string of the molecule is NCC(c1ccc(F)cc1F)C(O)c1cccs1. The van der Waals surface area contributed by atoms with Crippen LogP contribution in [0.15, 0.2) is 35.7 Å². The van der Waals surface area contributed by atoms with Crippen LogP contribution in [0.25, 0.3) is 0 Å². The molecule has 96 valence electrons. The fourth-order valence-electron chi connectivity index (χ4n) is 1.89. The van der Waals surface area contributed by atoms with Gasteiger partial charge in [-0.1, -0.05) is 12.1 Å². The second kappa shape index (κ2) is 5.56. The van der Waals surface area contributed by atoms with Gasteiger partial charge in [0, 0.05) is 23.4 Å². The highest BCUT2D eigenvalue weighted by molar-refractivity contribution is 7.10. The molecule has 2 aromatic rings. The van der Waals surface area contributed by atoms with E-state index in [-0.39, 0.29) is 12.1 Å². The summed E-state index contributed by atoms with van der Waals surface area (Å²) >= 11 is 1.38. The number of benzene rings is 1. The highest BCUT2D eigenvalue weighted by Crippen LogP contribution is 2.33. The zero-order valence-electron chi connectivity index (χ0n) is 9.51. The fourth-order valence-corrected chi connectivity index (χ4v) is 2.66. The Kier molecular flexibility index (Phi) is 4.06. The van der Waals surface area contributed by atoms with Gasteiger partial charge >= 0.3 is 0 Å². The zero-order chi connectivity index (χ0) is 13.1. The largest absolute Gasteiger partial charge is 0.387 e. The van der Waals surface area contributed by atoms with Gasteiger partial charge in [-0.05, 0) is 23.1 Å². The van der Waals surface area contributed by atoms with Gasteiger partial charge in [0.1, 0.15) is 11.6 Å². The maximum absolute atomic E-state index is 13.7. The van der Waals surface area contributed by atoms with Gasteiger partial charge < -0.3 is 10.8 Å². The Labute approximate surface area is 108 Å². The Morgan fingerprint density at radius 1 is 1.28 bits per heavy atom. The molecule has 3 N–H and O–H groups in total. The molecule has 0 aliphatic rings. The molecule has 1 aromatic carbocycles. The Balaban J connectivity index is 2.33. The van der Waals surface area contributed by atoms with E-state index in [2.05, 4.69) is 0 Å². The molecular formula is C13H13F2NOS. The third-order valence-electron chi connectivity index (χ3n) is 2.83. The number of thiophene rings is 1. The van der Waals surface area contributed by atoms with Crippen molar-refractivity contribution in [2.45, 2.75) is 12.0 Å². The fraction of sp³-hybridized carbons (Fsp3) is 0.231. The van der Waals surface area contributed by atoms with Gasteiger partial charge in [0.05, 0.1) is 6.10 Å². The monoisotopic (exact) mass is 269 g/mol. The van der Waals surface area contributed by atoms with Crippen molar-refractivity contribution in [1.82, 2.24) is 0 Å². The predicted molar refractivity (Wildman–Crippen MR) is 67.4 cm³/mol. The summed E-state index contributed by atoms with van der Waals surface area (Å²) in [5, 5.41) is 12.0. The number of rotatable bonds is 4. The first-order chi connectivity index (χ1) is 8.63. The molecular weight excluding hydrogens is 256 g/mol. The van der Waals surface area contributed by atoms with E-state index in [0.29, 0.717) is 4.88 Å². The molecule has 1 heterocycles. The Hall–Kier alpha value is -1.30. The minimum Gasteiger partial charge on any atom is -0.387 e. The van der Waals surface area contributed by atoms with Crippen molar-refractivity contribution in [3.05, 3.63) is 57.8 Å². The van der Waals surface area contributed by atoms with Crippen LogP contribution in [0, 0.1) is 11.6 Å². The lowest BCUT2D eigenvalue weighted by molar-refractivity contribution is 0.149. The van der Waals surface area contributed by atoms with Gasteiger partial charge in [-0.3, -0.25) is 0 Å². The summed E-state index contributed by atoms with van der Waals surface area (Å²) in [4.78, 5) is 0.717. The summed E-state index contributed by atoms with van der Waals surface area (Å²) in [6, 6.07) is 6.87. The second-order valence-electron chi connectivity index (χ2n) is 3.97.